The lowest BCUT2D eigenvalue weighted by Crippen LogP contribution is -2.24. The molecule has 0 spiro atoms. The molecule has 0 saturated heterocycles. The highest BCUT2D eigenvalue weighted by atomic mass is 16.6. The highest BCUT2D eigenvalue weighted by Gasteiger charge is 2.20. The van der Waals surface area contributed by atoms with Gasteiger partial charge in [-0.3, -0.25) is 4.79 Å². The standard InChI is InChI=1S/C15H17NO4/c1-9(17)19-13-7-5-6-11-10(13)8-12(16-11)14(18)20-15(2,3)4/h5-8,16H,1-4H3. The predicted molar refractivity (Wildman–Crippen MR) is 74.8 cm³/mol. The summed E-state index contributed by atoms with van der Waals surface area (Å²) < 4.78 is 10.4. The van der Waals surface area contributed by atoms with Crippen LogP contribution in [0.2, 0.25) is 0 Å². The molecule has 0 aliphatic rings. The Morgan fingerprint density at radius 3 is 2.50 bits per heavy atom. The number of carbonyl (C=O) groups excluding carboxylic acids is 2. The van der Waals surface area contributed by atoms with E-state index in [1.54, 1.807) is 45.0 Å². The first-order chi connectivity index (χ1) is 9.26. The first-order valence-electron chi connectivity index (χ1n) is 6.30. The molecule has 1 heterocycles. The van der Waals surface area contributed by atoms with E-state index in [1.165, 1.54) is 6.92 Å². The second-order valence-corrected chi connectivity index (χ2v) is 5.50. The van der Waals surface area contributed by atoms with Gasteiger partial charge in [-0.15, -0.1) is 0 Å². The third-order valence-corrected chi connectivity index (χ3v) is 2.50. The smallest absolute Gasteiger partial charge is 0.355 e. The number of esters is 2. The summed E-state index contributed by atoms with van der Waals surface area (Å²) in [5.41, 5.74) is 0.478. The average Bonchev–Trinajstić information content (AvgIpc) is 2.70. The number of benzene rings is 1. The molecule has 1 N–H and O–H groups in total. The van der Waals surface area contributed by atoms with Crippen molar-refractivity contribution in [3.8, 4) is 5.75 Å². The van der Waals surface area contributed by atoms with E-state index in [4.69, 9.17) is 9.47 Å². The number of H-pyrrole nitrogens is 1. The number of carbonyl (C=O) groups is 2. The Balaban J connectivity index is 2.38. The van der Waals surface area contributed by atoms with Crippen molar-refractivity contribution in [3.05, 3.63) is 30.0 Å². The van der Waals surface area contributed by atoms with Crippen LogP contribution in [0.15, 0.2) is 24.3 Å². The Morgan fingerprint density at radius 2 is 1.90 bits per heavy atom. The van der Waals surface area contributed by atoms with Gasteiger partial charge in [-0.25, -0.2) is 4.79 Å². The lowest BCUT2D eigenvalue weighted by Gasteiger charge is -2.18. The van der Waals surface area contributed by atoms with Crippen molar-refractivity contribution in [1.82, 2.24) is 4.98 Å². The molecule has 0 unspecified atom stereocenters. The molecular formula is C15H17NO4. The highest BCUT2D eigenvalue weighted by Crippen LogP contribution is 2.27. The molecular weight excluding hydrogens is 258 g/mol. The van der Waals surface area contributed by atoms with Crippen molar-refractivity contribution >= 4 is 22.8 Å². The number of hydrogen-bond donors (Lipinski definition) is 1. The van der Waals surface area contributed by atoms with Gasteiger partial charge < -0.3 is 14.5 Å². The molecule has 1 aromatic carbocycles. The molecule has 5 nitrogen and oxygen atoms in total. The summed E-state index contributed by atoms with van der Waals surface area (Å²) in [7, 11) is 0. The van der Waals surface area contributed by atoms with E-state index in [0.29, 0.717) is 22.3 Å². The lowest BCUT2D eigenvalue weighted by atomic mass is 10.2. The van der Waals surface area contributed by atoms with Crippen molar-refractivity contribution in [1.29, 1.82) is 0 Å². The fourth-order valence-corrected chi connectivity index (χ4v) is 1.81. The number of fused-ring (bicyclic) bond motifs is 1. The molecule has 0 fully saturated rings. The van der Waals surface area contributed by atoms with Crippen LogP contribution in [0.25, 0.3) is 10.9 Å². The number of aromatic nitrogens is 1. The zero-order valence-electron chi connectivity index (χ0n) is 11.9. The summed E-state index contributed by atoms with van der Waals surface area (Å²) in [6, 6.07) is 6.85. The van der Waals surface area contributed by atoms with Gasteiger partial charge in [-0.05, 0) is 39.0 Å². The van der Waals surface area contributed by atoms with E-state index in [0.717, 1.165) is 0 Å². The van der Waals surface area contributed by atoms with E-state index in [9.17, 15) is 9.59 Å². The van der Waals surface area contributed by atoms with Gasteiger partial charge in [0.1, 0.15) is 17.0 Å². The number of aromatic amines is 1. The maximum Gasteiger partial charge on any atom is 0.355 e. The molecule has 0 atom stereocenters. The SMILES string of the molecule is CC(=O)Oc1cccc2[nH]c(C(=O)OC(C)(C)C)cc12. The summed E-state index contributed by atoms with van der Waals surface area (Å²) in [6.07, 6.45) is 0. The molecule has 1 aromatic heterocycles. The van der Waals surface area contributed by atoms with E-state index < -0.39 is 17.5 Å². The minimum Gasteiger partial charge on any atom is -0.455 e. The van der Waals surface area contributed by atoms with Crippen molar-refractivity contribution in [2.24, 2.45) is 0 Å². The lowest BCUT2D eigenvalue weighted by molar-refractivity contribution is -0.131. The summed E-state index contributed by atoms with van der Waals surface area (Å²) >= 11 is 0. The Hall–Kier alpha value is -2.30. The summed E-state index contributed by atoms with van der Waals surface area (Å²) in [5, 5.41) is 0.670. The topological polar surface area (TPSA) is 68.4 Å². The van der Waals surface area contributed by atoms with Gasteiger partial charge in [0.2, 0.25) is 0 Å². The zero-order valence-corrected chi connectivity index (χ0v) is 11.9. The normalized spacial score (nSPS) is 11.4. The molecule has 0 bridgehead atoms. The quantitative estimate of drug-likeness (QED) is 0.675. The fourth-order valence-electron chi connectivity index (χ4n) is 1.81. The molecule has 0 amide bonds. The molecule has 0 saturated carbocycles. The first kappa shape index (κ1) is 14.1. The molecule has 2 rings (SSSR count). The van der Waals surface area contributed by atoms with Crippen molar-refractivity contribution in [2.45, 2.75) is 33.3 Å². The Morgan fingerprint density at radius 1 is 1.20 bits per heavy atom. The zero-order chi connectivity index (χ0) is 14.9. The number of ether oxygens (including phenoxy) is 2. The molecule has 0 aliphatic carbocycles. The summed E-state index contributed by atoms with van der Waals surface area (Å²) in [5.74, 6) is -0.430. The van der Waals surface area contributed by atoms with Gasteiger partial charge in [-0.2, -0.15) is 0 Å². The minimum absolute atomic E-state index is 0.328. The van der Waals surface area contributed by atoms with Crippen LogP contribution >= 0.6 is 0 Å². The van der Waals surface area contributed by atoms with Crippen LogP contribution in [0.5, 0.6) is 5.75 Å². The second-order valence-electron chi connectivity index (χ2n) is 5.50. The van der Waals surface area contributed by atoms with Crippen LogP contribution in [0, 0.1) is 0 Å². The van der Waals surface area contributed by atoms with Crippen LogP contribution < -0.4 is 4.74 Å². The van der Waals surface area contributed by atoms with Gasteiger partial charge in [0, 0.05) is 17.8 Å². The Kier molecular flexibility index (Phi) is 3.53. The van der Waals surface area contributed by atoms with Crippen LogP contribution in [-0.4, -0.2) is 22.5 Å². The third-order valence-electron chi connectivity index (χ3n) is 2.50. The van der Waals surface area contributed by atoms with Gasteiger partial charge in [0.15, 0.2) is 0 Å². The van der Waals surface area contributed by atoms with Crippen LogP contribution in [0.1, 0.15) is 38.2 Å². The van der Waals surface area contributed by atoms with Crippen molar-refractivity contribution in [2.75, 3.05) is 0 Å². The third kappa shape index (κ3) is 3.17. The van der Waals surface area contributed by atoms with E-state index in [2.05, 4.69) is 4.98 Å². The summed E-state index contributed by atoms with van der Waals surface area (Å²) in [4.78, 5) is 26.0. The molecule has 20 heavy (non-hydrogen) atoms. The first-order valence-corrected chi connectivity index (χ1v) is 6.30. The molecule has 2 aromatic rings. The van der Waals surface area contributed by atoms with Crippen LogP contribution in [0.3, 0.4) is 0 Å². The maximum absolute atomic E-state index is 12.0. The largest absolute Gasteiger partial charge is 0.455 e. The Labute approximate surface area is 116 Å². The average molecular weight is 275 g/mol. The maximum atomic E-state index is 12.0. The summed E-state index contributed by atoms with van der Waals surface area (Å²) in [6.45, 7) is 6.74. The Bertz CT molecular complexity index is 664. The van der Waals surface area contributed by atoms with Gasteiger partial charge >= 0.3 is 11.9 Å². The van der Waals surface area contributed by atoms with Crippen molar-refractivity contribution < 1.29 is 19.1 Å². The van der Waals surface area contributed by atoms with Crippen LogP contribution in [0.4, 0.5) is 0 Å². The molecule has 0 aliphatic heterocycles. The van der Waals surface area contributed by atoms with E-state index >= 15 is 0 Å². The van der Waals surface area contributed by atoms with E-state index in [-0.39, 0.29) is 0 Å². The van der Waals surface area contributed by atoms with Gasteiger partial charge in [0.25, 0.3) is 0 Å². The predicted octanol–water partition coefficient (Wildman–Crippen LogP) is 3.05. The minimum atomic E-state index is -0.562. The second kappa shape index (κ2) is 5.00. The van der Waals surface area contributed by atoms with Crippen LogP contribution in [-0.2, 0) is 9.53 Å². The number of hydrogen-bond acceptors (Lipinski definition) is 4. The fraction of sp³-hybridized carbons (Fsp3) is 0.333. The van der Waals surface area contributed by atoms with Gasteiger partial charge in [-0.1, -0.05) is 6.07 Å². The molecule has 0 radical (unpaired) electrons. The molecule has 106 valence electrons. The van der Waals surface area contributed by atoms with Crippen molar-refractivity contribution in [3.63, 3.8) is 0 Å². The van der Waals surface area contributed by atoms with E-state index in [1.807, 2.05) is 0 Å². The number of nitrogens with one attached hydrogen (secondary N) is 1. The number of rotatable bonds is 2. The highest BCUT2D eigenvalue weighted by molar-refractivity contribution is 5.97. The molecule has 5 heteroatoms. The monoisotopic (exact) mass is 275 g/mol. The van der Waals surface area contributed by atoms with Gasteiger partial charge in [0.05, 0.1) is 0 Å².